The summed E-state index contributed by atoms with van der Waals surface area (Å²) in [4.78, 5) is 21.6. The molecule has 9 nitrogen and oxygen atoms in total. The van der Waals surface area contributed by atoms with E-state index in [0.29, 0.717) is 18.8 Å². The molecule has 6 rings (SSSR count). The Bertz CT molecular complexity index is 1300. The maximum Gasteiger partial charge on any atom is 0.230 e. The van der Waals surface area contributed by atoms with Gasteiger partial charge in [-0.3, -0.25) is 9.69 Å². The second kappa shape index (κ2) is 8.87. The highest BCUT2D eigenvalue weighted by Gasteiger charge is 2.39. The highest BCUT2D eigenvalue weighted by atomic mass is 16.5. The summed E-state index contributed by atoms with van der Waals surface area (Å²) in [5.74, 6) is 0.145. The van der Waals surface area contributed by atoms with Gasteiger partial charge in [0.15, 0.2) is 5.69 Å². The summed E-state index contributed by atoms with van der Waals surface area (Å²) in [5.41, 5.74) is 6.06. The number of aryl methyl sites for hydroxylation is 2. The van der Waals surface area contributed by atoms with Crippen molar-refractivity contribution < 1.29 is 9.53 Å². The standard InChI is InChI=1S/C26H27N7O2/c1-17-11-19(4-8-24(17)27-2)25-14-31-9-10-32(13-21(31)15-35-25)26(34)23-6-3-18-12-20(5-7-22(18)23)33-16-28-29-30-33/h4-5,7-8,11-12,16,21,23,25H,3,6,9-10,13-15H2,1H3/t21-,23?,25+/m0/s1. The molecule has 178 valence electrons. The quantitative estimate of drug-likeness (QED) is 0.549. The fourth-order valence-corrected chi connectivity index (χ4v) is 5.69. The summed E-state index contributed by atoms with van der Waals surface area (Å²) in [6.07, 6.45) is 3.32. The zero-order valence-corrected chi connectivity index (χ0v) is 19.7. The second-order valence-electron chi connectivity index (χ2n) is 9.64. The van der Waals surface area contributed by atoms with E-state index in [9.17, 15) is 4.79 Å². The first kappa shape index (κ1) is 21.9. The van der Waals surface area contributed by atoms with Crippen LogP contribution in [-0.2, 0) is 16.0 Å². The summed E-state index contributed by atoms with van der Waals surface area (Å²) in [7, 11) is 0. The van der Waals surface area contributed by atoms with Crippen molar-refractivity contribution in [3.05, 3.63) is 76.4 Å². The SMILES string of the molecule is [C-]#[N+]c1ccc([C@H]2CN3CCN(C(=O)C4CCc5cc(-n6cnnn6)ccc54)C[C@H]3CO2)cc1C. The van der Waals surface area contributed by atoms with E-state index in [1.807, 2.05) is 30.0 Å². The molecule has 2 aromatic carbocycles. The van der Waals surface area contributed by atoms with Gasteiger partial charge in [-0.2, -0.15) is 0 Å². The Morgan fingerprint density at radius 2 is 2.09 bits per heavy atom. The van der Waals surface area contributed by atoms with Crippen LogP contribution < -0.4 is 0 Å². The number of hydrogen-bond donors (Lipinski definition) is 0. The molecule has 0 bridgehead atoms. The van der Waals surface area contributed by atoms with Crippen LogP contribution in [0.3, 0.4) is 0 Å². The molecule has 1 unspecified atom stereocenters. The van der Waals surface area contributed by atoms with Gasteiger partial charge in [-0.1, -0.05) is 24.3 Å². The van der Waals surface area contributed by atoms with Gasteiger partial charge in [0.25, 0.3) is 0 Å². The van der Waals surface area contributed by atoms with E-state index >= 15 is 0 Å². The van der Waals surface area contributed by atoms with Gasteiger partial charge in [0.05, 0.1) is 36.9 Å². The molecule has 2 aliphatic heterocycles. The third-order valence-corrected chi connectivity index (χ3v) is 7.64. The molecule has 0 saturated carbocycles. The van der Waals surface area contributed by atoms with E-state index in [1.165, 1.54) is 5.56 Å². The topological polar surface area (TPSA) is 80.7 Å². The molecule has 35 heavy (non-hydrogen) atoms. The van der Waals surface area contributed by atoms with Crippen LogP contribution >= 0.6 is 0 Å². The Labute approximate surface area is 204 Å². The van der Waals surface area contributed by atoms with Crippen molar-refractivity contribution in [2.45, 2.75) is 37.8 Å². The molecular weight excluding hydrogens is 442 g/mol. The minimum atomic E-state index is -0.0827. The highest BCUT2D eigenvalue weighted by Crippen LogP contribution is 2.37. The van der Waals surface area contributed by atoms with E-state index in [0.717, 1.165) is 54.9 Å². The molecular formula is C26H27N7O2. The number of carbonyl (C=O) groups is 1. The number of tetrazole rings is 1. The Hall–Kier alpha value is -3.61. The van der Waals surface area contributed by atoms with Crippen molar-refractivity contribution in [3.8, 4) is 5.69 Å². The van der Waals surface area contributed by atoms with Gasteiger partial charge >= 0.3 is 0 Å². The third-order valence-electron chi connectivity index (χ3n) is 7.64. The molecule has 0 N–H and O–H groups in total. The summed E-state index contributed by atoms with van der Waals surface area (Å²) in [5, 5.41) is 11.4. The lowest BCUT2D eigenvalue weighted by Gasteiger charge is -2.46. The average Bonchev–Trinajstić information content (AvgIpc) is 3.57. The fourth-order valence-electron chi connectivity index (χ4n) is 5.69. The molecule has 1 aromatic heterocycles. The van der Waals surface area contributed by atoms with Crippen LogP contribution in [0, 0.1) is 13.5 Å². The van der Waals surface area contributed by atoms with Crippen molar-refractivity contribution >= 4 is 11.6 Å². The van der Waals surface area contributed by atoms with Crippen LogP contribution in [0.4, 0.5) is 5.69 Å². The number of ether oxygens (including phenoxy) is 1. The van der Waals surface area contributed by atoms with Crippen molar-refractivity contribution in [1.82, 2.24) is 30.0 Å². The molecule has 3 atom stereocenters. The number of nitrogens with zero attached hydrogens (tertiary/aromatic N) is 7. The maximum atomic E-state index is 13.5. The van der Waals surface area contributed by atoms with Gasteiger partial charge in [-0.15, -0.1) is 5.10 Å². The Morgan fingerprint density at radius 1 is 1.17 bits per heavy atom. The van der Waals surface area contributed by atoms with E-state index in [-0.39, 0.29) is 24.0 Å². The molecule has 9 heteroatoms. The first-order valence-corrected chi connectivity index (χ1v) is 12.1. The lowest BCUT2D eigenvalue weighted by molar-refractivity contribution is -0.141. The first-order valence-electron chi connectivity index (χ1n) is 12.1. The van der Waals surface area contributed by atoms with Gasteiger partial charge in [-0.25, -0.2) is 9.53 Å². The van der Waals surface area contributed by atoms with Crippen molar-refractivity contribution in [2.75, 3.05) is 32.8 Å². The smallest absolute Gasteiger partial charge is 0.230 e. The second-order valence-corrected chi connectivity index (χ2v) is 9.64. The van der Waals surface area contributed by atoms with Crippen molar-refractivity contribution in [3.63, 3.8) is 0 Å². The van der Waals surface area contributed by atoms with Crippen molar-refractivity contribution in [2.24, 2.45) is 0 Å². The molecule has 0 spiro atoms. The normalized spacial score (nSPS) is 24.0. The van der Waals surface area contributed by atoms with E-state index in [4.69, 9.17) is 11.3 Å². The molecule has 1 aliphatic carbocycles. The number of fused-ring (bicyclic) bond motifs is 2. The molecule has 3 aliphatic rings. The minimum Gasteiger partial charge on any atom is -0.370 e. The number of aromatic nitrogens is 4. The molecule has 2 fully saturated rings. The maximum absolute atomic E-state index is 13.5. The number of piperazine rings is 1. The average molecular weight is 470 g/mol. The third kappa shape index (κ3) is 3.99. The number of morpholine rings is 1. The monoisotopic (exact) mass is 469 g/mol. The van der Waals surface area contributed by atoms with Crippen LogP contribution in [0.2, 0.25) is 0 Å². The minimum absolute atomic E-state index is 0.00285. The fraction of sp³-hybridized carbons (Fsp3) is 0.423. The van der Waals surface area contributed by atoms with E-state index in [1.54, 1.807) is 11.0 Å². The number of hydrogen-bond acceptors (Lipinski definition) is 6. The summed E-state index contributed by atoms with van der Waals surface area (Å²) in [6.45, 7) is 13.0. The van der Waals surface area contributed by atoms with E-state index < -0.39 is 0 Å². The Kier molecular flexibility index (Phi) is 5.55. The lowest BCUT2D eigenvalue weighted by atomic mass is 9.97. The molecule has 3 heterocycles. The van der Waals surface area contributed by atoms with Gasteiger partial charge in [-0.05, 0) is 64.6 Å². The predicted molar refractivity (Wildman–Crippen MR) is 128 cm³/mol. The lowest BCUT2D eigenvalue weighted by Crippen LogP contribution is -2.60. The first-order chi connectivity index (χ1) is 17.1. The summed E-state index contributed by atoms with van der Waals surface area (Å²) in [6, 6.07) is 12.3. The van der Waals surface area contributed by atoms with Crippen LogP contribution in [0.15, 0.2) is 42.7 Å². The molecule has 3 aromatic rings. The Morgan fingerprint density at radius 3 is 2.89 bits per heavy atom. The van der Waals surface area contributed by atoms with Crippen LogP contribution in [-0.4, -0.2) is 74.7 Å². The van der Waals surface area contributed by atoms with Gasteiger partial charge in [0, 0.05) is 26.2 Å². The van der Waals surface area contributed by atoms with Gasteiger partial charge < -0.3 is 9.64 Å². The van der Waals surface area contributed by atoms with Crippen molar-refractivity contribution in [1.29, 1.82) is 0 Å². The van der Waals surface area contributed by atoms with Gasteiger partial charge in [0.2, 0.25) is 5.91 Å². The number of rotatable bonds is 3. The van der Waals surface area contributed by atoms with Gasteiger partial charge in [0.1, 0.15) is 6.33 Å². The number of amides is 1. The number of benzene rings is 2. The predicted octanol–water partition coefficient (Wildman–Crippen LogP) is 2.84. The van der Waals surface area contributed by atoms with Crippen LogP contribution in [0.5, 0.6) is 0 Å². The summed E-state index contributed by atoms with van der Waals surface area (Å²) >= 11 is 0. The molecule has 2 saturated heterocycles. The zero-order chi connectivity index (χ0) is 23.9. The largest absolute Gasteiger partial charge is 0.370 e. The molecule has 1 amide bonds. The summed E-state index contributed by atoms with van der Waals surface area (Å²) < 4.78 is 7.89. The molecule has 0 radical (unpaired) electrons. The number of carbonyl (C=O) groups excluding carboxylic acids is 1. The van der Waals surface area contributed by atoms with Crippen LogP contribution in [0.1, 0.15) is 40.7 Å². The van der Waals surface area contributed by atoms with Crippen LogP contribution in [0.25, 0.3) is 10.5 Å². The highest BCUT2D eigenvalue weighted by molar-refractivity contribution is 5.85. The van der Waals surface area contributed by atoms with E-state index in [2.05, 4.69) is 43.5 Å². The Balaban J connectivity index is 1.11. The zero-order valence-electron chi connectivity index (χ0n) is 19.7.